The third kappa shape index (κ3) is 5.10. The first-order valence-corrected chi connectivity index (χ1v) is 5.44. The Morgan fingerprint density at radius 2 is 2.00 bits per heavy atom. The van der Waals surface area contributed by atoms with Crippen LogP contribution in [-0.4, -0.2) is 40.5 Å². The maximum Gasteiger partial charge on any atom is 0.323 e. The van der Waals surface area contributed by atoms with Gasteiger partial charge in [0.05, 0.1) is 0 Å². The minimum atomic E-state index is -0.991. The van der Waals surface area contributed by atoms with Gasteiger partial charge in [-0.2, -0.15) is 0 Å². The molecule has 1 aromatic heterocycles. The van der Waals surface area contributed by atoms with Crippen molar-refractivity contribution in [3.63, 3.8) is 0 Å². The van der Waals surface area contributed by atoms with Gasteiger partial charge in [0.1, 0.15) is 6.54 Å². The second-order valence-corrected chi connectivity index (χ2v) is 3.85. The number of carbonyl (C=O) groups is 2. The Kier molecular flexibility index (Phi) is 5.13. The molecule has 0 radical (unpaired) electrons. The number of rotatable bonds is 6. The number of carboxylic acids is 1. The van der Waals surface area contributed by atoms with Gasteiger partial charge in [-0.3, -0.25) is 14.6 Å². The first kappa shape index (κ1) is 13.2. The average molecular weight is 236 g/mol. The number of likely N-dealkylation sites (N-methyl/N-ethyl adjacent to an activating group) is 1. The third-order valence-electron chi connectivity index (χ3n) is 2.40. The summed E-state index contributed by atoms with van der Waals surface area (Å²) < 4.78 is 0. The number of hydrogen-bond acceptors (Lipinski definition) is 3. The summed E-state index contributed by atoms with van der Waals surface area (Å²) in [6, 6.07) is 3.82. The lowest BCUT2D eigenvalue weighted by atomic mass is 10.1. The second kappa shape index (κ2) is 6.62. The number of aromatic nitrogens is 1. The molecule has 0 aliphatic heterocycles. The third-order valence-corrected chi connectivity index (χ3v) is 2.40. The van der Waals surface area contributed by atoms with Gasteiger partial charge in [-0.25, -0.2) is 0 Å². The molecule has 0 fully saturated rings. The Morgan fingerprint density at radius 1 is 1.35 bits per heavy atom. The van der Waals surface area contributed by atoms with Crippen LogP contribution in [0.25, 0.3) is 0 Å². The van der Waals surface area contributed by atoms with Gasteiger partial charge in [0.15, 0.2) is 0 Å². The molecule has 0 aromatic carbocycles. The summed E-state index contributed by atoms with van der Waals surface area (Å²) in [6.45, 7) is -0.242. The molecular weight excluding hydrogens is 220 g/mol. The zero-order chi connectivity index (χ0) is 12.7. The van der Waals surface area contributed by atoms with Gasteiger partial charge in [0.2, 0.25) is 5.91 Å². The minimum absolute atomic E-state index is 0.138. The largest absolute Gasteiger partial charge is 0.480 e. The van der Waals surface area contributed by atoms with E-state index in [1.807, 2.05) is 12.1 Å². The van der Waals surface area contributed by atoms with Crippen molar-refractivity contribution in [2.24, 2.45) is 0 Å². The van der Waals surface area contributed by atoms with Crippen molar-refractivity contribution >= 4 is 11.9 Å². The van der Waals surface area contributed by atoms with E-state index >= 15 is 0 Å². The van der Waals surface area contributed by atoms with Crippen LogP contribution < -0.4 is 0 Å². The lowest BCUT2D eigenvalue weighted by Crippen LogP contribution is -2.31. The lowest BCUT2D eigenvalue weighted by Gasteiger charge is -2.14. The fourth-order valence-electron chi connectivity index (χ4n) is 1.48. The molecule has 5 heteroatoms. The molecule has 0 bridgehead atoms. The van der Waals surface area contributed by atoms with Crippen molar-refractivity contribution < 1.29 is 14.7 Å². The molecule has 1 N–H and O–H groups in total. The molecule has 0 spiro atoms. The van der Waals surface area contributed by atoms with E-state index in [-0.39, 0.29) is 12.5 Å². The SMILES string of the molecule is CN(CC(=O)O)C(=O)CCCc1ccncc1. The molecule has 0 atom stereocenters. The van der Waals surface area contributed by atoms with Crippen molar-refractivity contribution in [3.8, 4) is 0 Å². The van der Waals surface area contributed by atoms with Gasteiger partial charge in [0.25, 0.3) is 0 Å². The summed E-state index contributed by atoms with van der Waals surface area (Å²) in [5, 5.41) is 8.54. The number of pyridine rings is 1. The lowest BCUT2D eigenvalue weighted by molar-refractivity contribution is -0.143. The summed E-state index contributed by atoms with van der Waals surface area (Å²) in [5.41, 5.74) is 1.13. The van der Waals surface area contributed by atoms with Crippen LogP contribution in [0.1, 0.15) is 18.4 Å². The van der Waals surface area contributed by atoms with Crippen LogP contribution in [0.3, 0.4) is 0 Å². The first-order chi connectivity index (χ1) is 8.09. The van der Waals surface area contributed by atoms with Crippen molar-refractivity contribution in [1.29, 1.82) is 0 Å². The van der Waals surface area contributed by atoms with E-state index in [1.54, 1.807) is 12.4 Å². The van der Waals surface area contributed by atoms with Crippen LogP contribution in [0.4, 0.5) is 0 Å². The Labute approximate surface area is 100 Å². The van der Waals surface area contributed by atoms with E-state index in [0.717, 1.165) is 12.0 Å². The fourth-order valence-corrected chi connectivity index (χ4v) is 1.48. The van der Waals surface area contributed by atoms with E-state index in [4.69, 9.17) is 5.11 Å². The van der Waals surface area contributed by atoms with Crippen molar-refractivity contribution in [1.82, 2.24) is 9.88 Å². The van der Waals surface area contributed by atoms with Crippen LogP contribution in [0.2, 0.25) is 0 Å². The molecule has 1 aromatic rings. The maximum absolute atomic E-state index is 11.5. The average Bonchev–Trinajstić information content (AvgIpc) is 2.29. The number of aryl methyl sites for hydroxylation is 1. The van der Waals surface area contributed by atoms with E-state index in [9.17, 15) is 9.59 Å². The molecule has 92 valence electrons. The Morgan fingerprint density at radius 3 is 2.59 bits per heavy atom. The summed E-state index contributed by atoms with van der Waals surface area (Å²) >= 11 is 0. The van der Waals surface area contributed by atoms with Crippen molar-refractivity contribution in [3.05, 3.63) is 30.1 Å². The van der Waals surface area contributed by atoms with Crippen LogP contribution in [0.5, 0.6) is 0 Å². The molecule has 0 saturated carbocycles. The van der Waals surface area contributed by atoms with Gasteiger partial charge in [-0.05, 0) is 30.5 Å². The Balaban J connectivity index is 2.27. The number of hydrogen-bond donors (Lipinski definition) is 1. The predicted octanol–water partition coefficient (Wildman–Crippen LogP) is 0.947. The molecule has 0 aliphatic carbocycles. The quantitative estimate of drug-likeness (QED) is 0.798. The molecule has 5 nitrogen and oxygen atoms in total. The second-order valence-electron chi connectivity index (χ2n) is 3.85. The first-order valence-electron chi connectivity index (χ1n) is 5.44. The normalized spacial score (nSPS) is 9.94. The highest BCUT2D eigenvalue weighted by molar-refractivity contribution is 5.80. The molecule has 0 saturated heterocycles. The molecular formula is C12H16N2O3. The van der Waals surface area contributed by atoms with Gasteiger partial charge < -0.3 is 10.0 Å². The number of carboxylic acid groups (broad SMARTS) is 1. The van der Waals surface area contributed by atoms with Gasteiger partial charge in [-0.1, -0.05) is 0 Å². The molecule has 1 heterocycles. The van der Waals surface area contributed by atoms with Gasteiger partial charge >= 0.3 is 5.97 Å². The van der Waals surface area contributed by atoms with Crippen molar-refractivity contribution in [2.75, 3.05) is 13.6 Å². The van der Waals surface area contributed by atoms with Crippen LogP contribution in [0, 0.1) is 0 Å². The monoisotopic (exact) mass is 236 g/mol. The number of aliphatic carboxylic acids is 1. The standard InChI is InChI=1S/C12H16N2O3/c1-14(9-12(16)17)11(15)4-2-3-10-5-7-13-8-6-10/h5-8H,2-4,9H2,1H3,(H,16,17). The van der Waals surface area contributed by atoms with Crippen LogP contribution >= 0.6 is 0 Å². The highest BCUT2D eigenvalue weighted by Crippen LogP contribution is 2.04. The van der Waals surface area contributed by atoms with Crippen LogP contribution in [-0.2, 0) is 16.0 Å². The summed E-state index contributed by atoms with van der Waals surface area (Å²) in [5.74, 6) is -1.13. The Hall–Kier alpha value is -1.91. The highest BCUT2D eigenvalue weighted by Gasteiger charge is 2.11. The molecule has 17 heavy (non-hydrogen) atoms. The van der Waals surface area contributed by atoms with Crippen molar-refractivity contribution in [2.45, 2.75) is 19.3 Å². The number of nitrogens with zero attached hydrogens (tertiary/aromatic N) is 2. The maximum atomic E-state index is 11.5. The molecule has 1 amide bonds. The number of amides is 1. The molecule has 1 rings (SSSR count). The smallest absolute Gasteiger partial charge is 0.323 e. The predicted molar refractivity (Wildman–Crippen MR) is 62.4 cm³/mol. The highest BCUT2D eigenvalue weighted by atomic mass is 16.4. The zero-order valence-corrected chi connectivity index (χ0v) is 9.80. The topological polar surface area (TPSA) is 70.5 Å². The van der Waals surface area contributed by atoms with E-state index in [1.165, 1.54) is 11.9 Å². The number of carbonyl (C=O) groups excluding carboxylic acids is 1. The van der Waals surface area contributed by atoms with Gasteiger partial charge in [-0.15, -0.1) is 0 Å². The summed E-state index contributed by atoms with van der Waals surface area (Å²) in [7, 11) is 1.50. The Bertz CT molecular complexity index is 379. The zero-order valence-electron chi connectivity index (χ0n) is 9.80. The van der Waals surface area contributed by atoms with E-state index < -0.39 is 5.97 Å². The fraction of sp³-hybridized carbons (Fsp3) is 0.417. The van der Waals surface area contributed by atoms with Crippen LogP contribution in [0.15, 0.2) is 24.5 Å². The molecule has 0 aliphatic rings. The molecule has 0 unspecified atom stereocenters. The van der Waals surface area contributed by atoms with E-state index in [2.05, 4.69) is 4.98 Å². The van der Waals surface area contributed by atoms with E-state index in [0.29, 0.717) is 12.8 Å². The summed E-state index contributed by atoms with van der Waals surface area (Å²) in [4.78, 5) is 27.1. The minimum Gasteiger partial charge on any atom is -0.480 e. The summed E-state index contributed by atoms with van der Waals surface area (Å²) in [6.07, 6.45) is 5.31. The van der Waals surface area contributed by atoms with Gasteiger partial charge in [0, 0.05) is 25.9 Å².